The Morgan fingerprint density at radius 1 is 1.25 bits per heavy atom. The van der Waals surface area contributed by atoms with Crippen LogP contribution in [0, 0.1) is 0 Å². The molecule has 0 saturated carbocycles. The van der Waals surface area contributed by atoms with Crippen LogP contribution >= 0.6 is 0 Å². The van der Waals surface area contributed by atoms with Crippen molar-refractivity contribution >= 4 is 0 Å². The van der Waals surface area contributed by atoms with Gasteiger partial charge in [0.15, 0.2) is 0 Å². The Kier molecular flexibility index (Phi) is 1.51. The van der Waals surface area contributed by atoms with Gasteiger partial charge < -0.3 is 0 Å². The lowest BCUT2D eigenvalue weighted by Crippen LogP contribution is -2.03. The van der Waals surface area contributed by atoms with Crippen LogP contribution in [0.15, 0.2) is 41.3 Å². The molecule has 0 saturated heterocycles. The molecule has 4 heteroatoms. The number of aromatic nitrogens is 3. The van der Waals surface area contributed by atoms with Crippen molar-refractivity contribution in [2.75, 3.05) is 0 Å². The van der Waals surface area contributed by atoms with Gasteiger partial charge in [0.1, 0.15) is 6.20 Å². The van der Waals surface area contributed by atoms with Crippen LogP contribution in [0.1, 0.15) is 0 Å². The predicted octanol–water partition coefficient (Wildman–Crippen LogP) is 0.561. The zero-order chi connectivity index (χ0) is 8.39. The molecular weight excluding hydrogens is 154 g/mol. The highest BCUT2D eigenvalue weighted by Gasteiger charge is 1.94. The minimum atomic E-state index is -0.196. The molecule has 1 aromatic heterocycles. The van der Waals surface area contributed by atoms with Gasteiger partial charge in [-0.05, 0) is 12.1 Å². The van der Waals surface area contributed by atoms with E-state index in [9.17, 15) is 4.79 Å². The molecule has 2 rings (SSSR count). The van der Waals surface area contributed by atoms with E-state index in [0.717, 1.165) is 5.69 Å². The highest BCUT2D eigenvalue weighted by atomic mass is 16.1. The summed E-state index contributed by atoms with van der Waals surface area (Å²) in [6.07, 6.45) is 1.24. The molecular formula is C8H7N3O. The predicted molar refractivity (Wildman–Crippen MR) is 44.2 cm³/mol. The SMILES string of the molecule is O=c1cnn(-c2ccccc2)[nH]1. The maximum absolute atomic E-state index is 10.7. The molecule has 2 aromatic rings. The van der Waals surface area contributed by atoms with Crippen LogP contribution in [0.4, 0.5) is 0 Å². The van der Waals surface area contributed by atoms with E-state index in [1.165, 1.54) is 11.0 Å². The molecule has 0 aliphatic heterocycles. The lowest BCUT2D eigenvalue weighted by atomic mass is 10.3. The lowest BCUT2D eigenvalue weighted by molar-refractivity contribution is 0.746. The van der Waals surface area contributed by atoms with Crippen molar-refractivity contribution in [2.24, 2.45) is 0 Å². The van der Waals surface area contributed by atoms with Gasteiger partial charge in [-0.25, -0.2) is 5.10 Å². The van der Waals surface area contributed by atoms with Crippen molar-refractivity contribution in [2.45, 2.75) is 0 Å². The van der Waals surface area contributed by atoms with E-state index in [1.54, 1.807) is 0 Å². The molecule has 0 spiro atoms. The Morgan fingerprint density at radius 2 is 2.00 bits per heavy atom. The summed E-state index contributed by atoms with van der Waals surface area (Å²) in [5.74, 6) is 0. The van der Waals surface area contributed by atoms with Crippen LogP contribution in [-0.2, 0) is 0 Å². The average Bonchev–Trinajstić information content (AvgIpc) is 2.54. The van der Waals surface area contributed by atoms with Gasteiger partial charge in [0.2, 0.25) is 0 Å². The molecule has 0 atom stereocenters. The van der Waals surface area contributed by atoms with Crippen LogP contribution in [0.25, 0.3) is 5.69 Å². The number of benzene rings is 1. The fourth-order valence-electron chi connectivity index (χ4n) is 0.973. The van der Waals surface area contributed by atoms with Crippen LogP contribution in [0.5, 0.6) is 0 Å². The normalized spacial score (nSPS) is 10.0. The highest BCUT2D eigenvalue weighted by molar-refractivity contribution is 5.27. The Labute approximate surface area is 68.4 Å². The largest absolute Gasteiger partial charge is 0.284 e. The molecule has 0 aliphatic carbocycles. The minimum absolute atomic E-state index is 0.196. The number of hydrogen-bond donors (Lipinski definition) is 1. The van der Waals surface area contributed by atoms with Gasteiger partial charge in [-0.3, -0.25) is 4.79 Å². The third-order valence-electron chi connectivity index (χ3n) is 1.51. The first-order valence-electron chi connectivity index (χ1n) is 3.56. The second kappa shape index (κ2) is 2.65. The number of aromatic amines is 1. The molecule has 0 unspecified atom stereocenters. The van der Waals surface area contributed by atoms with Gasteiger partial charge >= 0.3 is 0 Å². The fraction of sp³-hybridized carbons (Fsp3) is 0. The minimum Gasteiger partial charge on any atom is -0.266 e. The molecule has 0 fully saturated rings. The standard InChI is InChI=1S/C8H7N3O/c12-8-6-9-11(10-8)7-4-2-1-3-5-7/h1-6H,(H,10,12). The molecule has 0 bridgehead atoms. The number of H-pyrrole nitrogens is 1. The summed E-state index contributed by atoms with van der Waals surface area (Å²) in [4.78, 5) is 12.2. The smallest absolute Gasteiger partial charge is 0.266 e. The monoisotopic (exact) mass is 161 g/mol. The van der Waals surface area contributed by atoms with Gasteiger partial charge in [0, 0.05) is 0 Å². The van der Waals surface area contributed by atoms with Crippen molar-refractivity contribution in [1.82, 2.24) is 15.0 Å². The maximum Gasteiger partial charge on any atom is 0.284 e. The summed E-state index contributed by atoms with van der Waals surface area (Å²) in [5, 5.41) is 6.38. The summed E-state index contributed by atoms with van der Waals surface area (Å²) in [7, 11) is 0. The zero-order valence-corrected chi connectivity index (χ0v) is 6.27. The molecule has 60 valence electrons. The molecule has 0 radical (unpaired) electrons. The second-order valence-corrected chi connectivity index (χ2v) is 2.37. The molecule has 0 amide bonds. The first-order chi connectivity index (χ1) is 5.86. The molecule has 12 heavy (non-hydrogen) atoms. The third kappa shape index (κ3) is 1.14. The Morgan fingerprint density at radius 3 is 2.58 bits per heavy atom. The second-order valence-electron chi connectivity index (χ2n) is 2.37. The summed E-state index contributed by atoms with van der Waals surface area (Å²) < 4.78 is 0. The van der Waals surface area contributed by atoms with E-state index in [0.29, 0.717) is 0 Å². The topological polar surface area (TPSA) is 50.7 Å². The molecule has 0 aliphatic rings. The van der Waals surface area contributed by atoms with E-state index in [4.69, 9.17) is 0 Å². The van der Waals surface area contributed by atoms with E-state index in [2.05, 4.69) is 10.2 Å². The van der Waals surface area contributed by atoms with E-state index < -0.39 is 0 Å². The van der Waals surface area contributed by atoms with Crippen LogP contribution in [-0.4, -0.2) is 15.0 Å². The van der Waals surface area contributed by atoms with Crippen molar-refractivity contribution in [3.05, 3.63) is 46.9 Å². The Bertz CT molecular complexity index is 415. The van der Waals surface area contributed by atoms with Crippen molar-refractivity contribution in [3.8, 4) is 5.69 Å². The van der Waals surface area contributed by atoms with E-state index >= 15 is 0 Å². The van der Waals surface area contributed by atoms with E-state index in [1.807, 2.05) is 30.3 Å². The van der Waals surface area contributed by atoms with Crippen molar-refractivity contribution in [1.29, 1.82) is 0 Å². The van der Waals surface area contributed by atoms with Crippen LogP contribution in [0.2, 0.25) is 0 Å². The Hall–Kier alpha value is -1.84. The maximum atomic E-state index is 10.7. The summed E-state index contributed by atoms with van der Waals surface area (Å²) in [6.45, 7) is 0. The van der Waals surface area contributed by atoms with Gasteiger partial charge in [0.05, 0.1) is 5.69 Å². The molecule has 1 heterocycles. The summed E-state index contributed by atoms with van der Waals surface area (Å²) in [6, 6.07) is 9.40. The van der Waals surface area contributed by atoms with Gasteiger partial charge in [-0.2, -0.15) is 9.90 Å². The van der Waals surface area contributed by atoms with Gasteiger partial charge in [-0.1, -0.05) is 18.2 Å². The fourth-order valence-corrected chi connectivity index (χ4v) is 0.973. The van der Waals surface area contributed by atoms with Crippen molar-refractivity contribution < 1.29 is 0 Å². The summed E-state index contributed by atoms with van der Waals surface area (Å²) in [5.41, 5.74) is 0.651. The van der Waals surface area contributed by atoms with Gasteiger partial charge in [0.25, 0.3) is 5.56 Å². The Balaban J connectivity index is 2.51. The molecule has 1 aromatic carbocycles. The van der Waals surface area contributed by atoms with Gasteiger partial charge in [-0.15, -0.1) is 0 Å². The third-order valence-corrected chi connectivity index (χ3v) is 1.51. The first-order valence-corrected chi connectivity index (χ1v) is 3.56. The van der Waals surface area contributed by atoms with Crippen LogP contribution < -0.4 is 5.56 Å². The molecule has 1 N–H and O–H groups in total. The number of para-hydroxylation sites is 1. The van der Waals surface area contributed by atoms with Crippen molar-refractivity contribution in [3.63, 3.8) is 0 Å². The number of hydrogen-bond acceptors (Lipinski definition) is 2. The average molecular weight is 161 g/mol. The molecule has 4 nitrogen and oxygen atoms in total. The summed E-state index contributed by atoms with van der Waals surface area (Å²) >= 11 is 0. The quantitative estimate of drug-likeness (QED) is 0.664. The number of nitrogens with one attached hydrogen (secondary N) is 1. The zero-order valence-electron chi connectivity index (χ0n) is 6.27. The van der Waals surface area contributed by atoms with Crippen LogP contribution in [0.3, 0.4) is 0 Å². The first kappa shape index (κ1) is 6.84. The van der Waals surface area contributed by atoms with E-state index in [-0.39, 0.29) is 5.56 Å². The highest BCUT2D eigenvalue weighted by Crippen LogP contribution is 2.00. The lowest BCUT2D eigenvalue weighted by Gasteiger charge is -1.97. The number of rotatable bonds is 1. The number of nitrogens with zero attached hydrogens (tertiary/aromatic N) is 2.